The summed E-state index contributed by atoms with van der Waals surface area (Å²) in [6.45, 7) is 3.08. The molecule has 0 unspecified atom stereocenters. The lowest BCUT2D eigenvalue weighted by Crippen LogP contribution is -2.38. The molecule has 2 aromatic rings. The zero-order valence-corrected chi connectivity index (χ0v) is 17.0. The minimum atomic E-state index is -0.148. The van der Waals surface area contributed by atoms with Gasteiger partial charge in [-0.05, 0) is 56.2 Å². The van der Waals surface area contributed by atoms with Gasteiger partial charge >= 0.3 is 0 Å². The van der Waals surface area contributed by atoms with Crippen LogP contribution in [0.15, 0.2) is 24.3 Å². The van der Waals surface area contributed by atoms with Crippen LogP contribution in [0.25, 0.3) is 0 Å². The molecule has 1 heterocycles. The monoisotopic (exact) mass is 408 g/mol. The first-order valence-electron chi connectivity index (χ1n) is 9.59. The number of nitrogens with zero attached hydrogens (tertiary/aromatic N) is 1. The van der Waals surface area contributed by atoms with E-state index in [2.05, 4.69) is 33.8 Å². The number of benzene rings is 1. The molecule has 7 heteroatoms. The van der Waals surface area contributed by atoms with Crippen LogP contribution in [0.4, 0.5) is 5.82 Å². The molecule has 1 saturated carbocycles. The maximum Gasteiger partial charge on any atom is 0.253 e. The molecule has 1 amide bonds. The highest BCUT2D eigenvalue weighted by molar-refractivity contribution is 6.35. The molecule has 1 fully saturated rings. The molecule has 146 valence electrons. The molecular weight excluding hydrogens is 383 g/mol. The Kier molecular flexibility index (Phi) is 7.02. The standard InChI is InChI=1S/C20H26Cl2N4O/c1-2-3-16-11-19(26-25-16)23-12-13-4-7-15(8-5-13)24-20(27)17-10-14(21)6-9-18(17)22/h6,9-11,13,15H,2-5,7-8,12H2,1H3,(H,24,27)(H2,23,25,26)/t13-,15-. The predicted molar refractivity (Wildman–Crippen MR) is 111 cm³/mol. The third-order valence-corrected chi connectivity index (χ3v) is 5.64. The highest BCUT2D eigenvalue weighted by Crippen LogP contribution is 2.26. The summed E-state index contributed by atoms with van der Waals surface area (Å²) < 4.78 is 0. The zero-order valence-electron chi connectivity index (χ0n) is 15.5. The van der Waals surface area contributed by atoms with Gasteiger partial charge in [-0.3, -0.25) is 9.89 Å². The van der Waals surface area contributed by atoms with Crippen LogP contribution in [0.1, 0.15) is 55.1 Å². The Balaban J connectivity index is 1.43. The molecule has 1 aromatic carbocycles. The Labute approximate surface area is 170 Å². The van der Waals surface area contributed by atoms with Gasteiger partial charge in [-0.25, -0.2) is 0 Å². The molecular formula is C20H26Cl2N4O. The van der Waals surface area contributed by atoms with E-state index in [4.69, 9.17) is 23.2 Å². The van der Waals surface area contributed by atoms with E-state index in [9.17, 15) is 4.79 Å². The third kappa shape index (κ3) is 5.63. The number of carbonyl (C=O) groups excluding carboxylic acids is 1. The van der Waals surface area contributed by atoms with Crippen LogP contribution in [0.2, 0.25) is 10.0 Å². The number of H-pyrrole nitrogens is 1. The minimum Gasteiger partial charge on any atom is -0.370 e. The van der Waals surface area contributed by atoms with Crippen molar-refractivity contribution in [3.05, 3.63) is 45.6 Å². The summed E-state index contributed by atoms with van der Waals surface area (Å²) in [5.74, 6) is 1.44. The fourth-order valence-corrected chi connectivity index (χ4v) is 3.91. The first-order valence-corrected chi connectivity index (χ1v) is 10.3. The summed E-state index contributed by atoms with van der Waals surface area (Å²) in [6, 6.07) is 7.23. The van der Waals surface area contributed by atoms with E-state index in [1.807, 2.05) is 0 Å². The van der Waals surface area contributed by atoms with Crippen molar-refractivity contribution in [2.75, 3.05) is 11.9 Å². The fraction of sp³-hybridized carbons (Fsp3) is 0.500. The molecule has 0 bridgehead atoms. The number of hydrogen-bond acceptors (Lipinski definition) is 3. The number of hydrogen-bond donors (Lipinski definition) is 3. The first-order chi connectivity index (χ1) is 13.0. The van der Waals surface area contributed by atoms with Crippen molar-refractivity contribution in [2.45, 2.75) is 51.5 Å². The molecule has 3 N–H and O–H groups in total. The lowest BCUT2D eigenvalue weighted by atomic mass is 9.86. The van der Waals surface area contributed by atoms with Gasteiger partial charge in [0.1, 0.15) is 5.82 Å². The second-order valence-corrected chi connectivity index (χ2v) is 8.06. The van der Waals surface area contributed by atoms with E-state index in [-0.39, 0.29) is 11.9 Å². The third-order valence-electron chi connectivity index (χ3n) is 5.07. The summed E-state index contributed by atoms with van der Waals surface area (Å²) in [7, 11) is 0. The van der Waals surface area contributed by atoms with Gasteiger partial charge in [0.15, 0.2) is 0 Å². The van der Waals surface area contributed by atoms with Crippen LogP contribution >= 0.6 is 23.2 Å². The summed E-state index contributed by atoms with van der Waals surface area (Å²) in [6.07, 6.45) is 6.20. The first kappa shape index (κ1) is 20.0. The van der Waals surface area contributed by atoms with Crippen LogP contribution in [0.5, 0.6) is 0 Å². The molecule has 0 radical (unpaired) electrons. The SMILES string of the molecule is CCCc1cc(NC[C@H]2CC[C@H](NC(=O)c3cc(Cl)ccc3Cl)CC2)[nH]n1. The average Bonchev–Trinajstić information content (AvgIpc) is 3.11. The summed E-state index contributed by atoms with van der Waals surface area (Å²) in [5, 5.41) is 14.8. The molecule has 5 nitrogen and oxygen atoms in total. The average molecular weight is 409 g/mol. The van der Waals surface area contributed by atoms with Gasteiger partial charge in [0, 0.05) is 23.7 Å². The van der Waals surface area contributed by atoms with Crippen molar-refractivity contribution in [2.24, 2.45) is 5.92 Å². The van der Waals surface area contributed by atoms with Gasteiger partial charge in [-0.15, -0.1) is 0 Å². The number of anilines is 1. The van der Waals surface area contributed by atoms with Crippen molar-refractivity contribution >= 4 is 34.9 Å². The maximum atomic E-state index is 12.5. The number of aryl methyl sites for hydroxylation is 1. The van der Waals surface area contributed by atoms with Crippen LogP contribution in [-0.4, -0.2) is 28.7 Å². The van der Waals surface area contributed by atoms with Gasteiger partial charge in [0.05, 0.1) is 16.3 Å². The Morgan fingerprint density at radius 1 is 1.22 bits per heavy atom. The molecule has 27 heavy (non-hydrogen) atoms. The van der Waals surface area contributed by atoms with Gasteiger partial charge in [-0.1, -0.05) is 36.5 Å². The Morgan fingerprint density at radius 3 is 2.74 bits per heavy atom. The molecule has 1 aliphatic carbocycles. The predicted octanol–water partition coefficient (Wildman–Crippen LogP) is 5.07. The molecule has 1 aromatic heterocycles. The van der Waals surface area contributed by atoms with Crippen LogP contribution in [0.3, 0.4) is 0 Å². The van der Waals surface area contributed by atoms with Crippen molar-refractivity contribution in [1.82, 2.24) is 15.5 Å². The number of amides is 1. The van der Waals surface area contributed by atoms with Gasteiger partial charge in [0.25, 0.3) is 5.91 Å². The van der Waals surface area contributed by atoms with Crippen molar-refractivity contribution in [1.29, 1.82) is 0 Å². The molecule has 0 spiro atoms. The van der Waals surface area contributed by atoms with Crippen LogP contribution in [0, 0.1) is 5.92 Å². The Morgan fingerprint density at radius 2 is 2.00 bits per heavy atom. The number of aromatic nitrogens is 2. The second kappa shape index (κ2) is 9.47. The van der Waals surface area contributed by atoms with Crippen LogP contribution < -0.4 is 10.6 Å². The summed E-state index contributed by atoms with van der Waals surface area (Å²) in [4.78, 5) is 12.5. The fourth-order valence-electron chi connectivity index (χ4n) is 3.54. The largest absolute Gasteiger partial charge is 0.370 e. The second-order valence-electron chi connectivity index (χ2n) is 7.22. The van der Waals surface area contributed by atoms with Gasteiger partial charge in [-0.2, -0.15) is 5.10 Å². The normalized spacial score (nSPS) is 19.7. The molecule has 0 saturated heterocycles. The van der Waals surface area contributed by atoms with E-state index in [0.717, 1.165) is 56.6 Å². The lowest BCUT2D eigenvalue weighted by molar-refractivity contribution is 0.0923. The number of aromatic amines is 1. The highest BCUT2D eigenvalue weighted by atomic mass is 35.5. The van der Waals surface area contributed by atoms with Gasteiger partial charge < -0.3 is 10.6 Å². The van der Waals surface area contributed by atoms with E-state index in [1.165, 1.54) is 0 Å². The number of carbonyl (C=O) groups is 1. The smallest absolute Gasteiger partial charge is 0.253 e. The molecule has 1 aliphatic rings. The minimum absolute atomic E-state index is 0.148. The Hall–Kier alpha value is -1.72. The summed E-state index contributed by atoms with van der Waals surface area (Å²) >= 11 is 12.1. The number of halogens is 2. The highest BCUT2D eigenvalue weighted by Gasteiger charge is 2.23. The molecule has 0 aliphatic heterocycles. The van der Waals surface area contributed by atoms with E-state index >= 15 is 0 Å². The van der Waals surface area contributed by atoms with Crippen molar-refractivity contribution in [3.8, 4) is 0 Å². The maximum absolute atomic E-state index is 12.5. The number of rotatable bonds is 7. The van der Waals surface area contributed by atoms with Gasteiger partial charge in [0.2, 0.25) is 0 Å². The van der Waals surface area contributed by atoms with E-state index in [1.54, 1.807) is 18.2 Å². The van der Waals surface area contributed by atoms with Crippen molar-refractivity contribution < 1.29 is 4.79 Å². The number of nitrogens with one attached hydrogen (secondary N) is 3. The Bertz CT molecular complexity index is 769. The lowest BCUT2D eigenvalue weighted by Gasteiger charge is -2.29. The summed E-state index contributed by atoms with van der Waals surface area (Å²) in [5.41, 5.74) is 1.54. The topological polar surface area (TPSA) is 69.8 Å². The van der Waals surface area contributed by atoms with Crippen molar-refractivity contribution in [3.63, 3.8) is 0 Å². The molecule has 0 atom stereocenters. The zero-order chi connectivity index (χ0) is 19.2. The van der Waals surface area contributed by atoms with E-state index in [0.29, 0.717) is 21.5 Å². The van der Waals surface area contributed by atoms with Crippen LogP contribution in [-0.2, 0) is 6.42 Å². The molecule has 3 rings (SSSR count). The van der Waals surface area contributed by atoms with E-state index < -0.39 is 0 Å². The quantitative estimate of drug-likeness (QED) is 0.598.